The van der Waals surface area contributed by atoms with Crippen molar-refractivity contribution in [3.8, 4) is 11.5 Å². The third-order valence-electron chi connectivity index (χ3n) is 8.55. The third kappa shape index (κ3) is 9.01. The Labute approximate surface area is 248 Å². The molecule has 3 atom stereocenters. The number of unbranched alkanes of at least 4 members (excludes halogenated alkanes) is 6. The molecular formula is C32H41F5O4S. The van der Waals surface area contributed by atoms with Crippen LogP contribution in [0.4, 0.5) is 22.0 Å². The van der Waals surface area contributed by atoms with Crippen LogP contribution in [0, 0.1) is 5.92 Å². The van der Waals surface area contributed by atoms with Crippen LogP contribution in [-0.4, -0.2) is 39.1 Å². The van der Waals surface area contributed by atoms with Gasteiger partial charge >= 0.3 is 18.1 Å². The highest BCUT2D eigenvalue weighted by Crippen LogP contribution is 2.52. The molecule has 0 amide bonds. The summed E-state index contributed by atoms with van der Waals surface area (Å²) in [6.45, 7) is 2.26. The lowest BCUT2D eigenvalue weighted by atomic mass is 9.68. The molecule has 4 nitrogen and oxygen atoms in total. The molecule has 0 fully saturated rings. The van der Waals surface area contributed by atoms with Gasteiger partial charge in [-0.2, -0.15) is 22.0 Å². The highest BCUT2D eigenvalue weighted by molar-refractivity contribution is 7.99. The number of hydrogen-bond donors (Lipinski definition) is 3. The lowest BCUT2D eigenvalue weighted by molar-refractivity contribution is -0.284. The van der Waals surface area contributed by atoms with E-state index in [-0.39, 0.29) is 35.7 Å². The van der Waals surface area contributed by atoms with E-state index >= 15 is 0 Å². The molecule has 0 bridgehead atoms. The Morgan fingerprint density at radius 2 is 1.45 bits per heavy atom. The summed E-state index contributed by atoms with van der Waals surface area (Å²) >= 11 is 1.74. The number of aliphatic carboxylic acids is 1. The third-order valence-corrected chi connectivity index (χ3v) is 9.96. The molecule has 234 valence electrons. The number of carbonyl (C=O) groups is 1. The van der Waals surface area contributed by atoms with Crippen LogP contribution in [-0.2, 0) is 10.2 Å². The van der Waals surface area contributed by atoms with Gasteiger partial charge in [0.05, 0.1) is 5.92 Å². The number of halogens is 5. The molecule has 1 aliphatic heterocycles. The summed E-state index contributed by atoms with van der Waals surface area (Å²) in [5.74, 6) is -5.24. The van der Waals surface area contributed by atoms with E-state index < -0.39 is 36.8 Å². The second kappa shape index (κ2) is 14.8. The molecule has 0 saturated heterocycles. The maximum absolute atomic E-state index is 13.1. The highest BCUT2D eigenvalue weighted by atomic mass is 32.2. The van der Waals surface area contributed by atoms with Gasteiger partial charge in [-0.05, 0) is 67.0 Å². The Hall–Kier alpha value is -2.49. The minimum atomic E-state index is -5.61. The van der Waals surface area contributed by atoms with Crippen molar-refractivity contribution in [1.82, 2.24) is 0 Å². The fraction of sp³-hybridized carbons (Fsp3) is 0.594. The van der Waals surface area contributed by atoms with Crippen molar-refractivity contribution < 1.29 is 42.1 Å². The number of benzene rings is 2. The summed E-state index contributed by atoms with van der Waals surface area (Å²) in [4.78, 5) is 12.5. The summed E-state index contributed by atoms with van der Waals surface area (Å²) in [5, 5.41) is 29.1. The summed E-state index contributed by atoms with van der Waals surface area (Å²) in [7, 11) is 0. The van der Waals surface area contributed by atoms with E-state index in [1.54, 1.807) is 30.0 Å². The molecule has 2 aromatic rings. The van der Waals surface area contributed by atoms with Gasteiger partial charge in [-0.1, -0.05) is 70.1 Å². The van der Waals surface area contributed by atoms with Crippen LogP contribution < -0.4 is 0 Å². The summed E-state index contributed by atoms with van der Waals surface area (Å²) in [5.41, 5.74) is 2.27. The number of alkyl halides is 5. The Bertz CT molecular complexity index is 1150. The standard InChI is InChI=1S/C32H41F5O4S/c1-30(23-13-15-24(38)16-14-23)21-42-28-20-25(39)17-18-26(28)27(30)12-8-6-4-2-3-5-7-10-22(29(40)41)11-9-19-31(33,34)32(35,36)37/h13-18,20,22,27,38-39H,2-12,19,21H2,1H3,(H,40,41)/t22-,27?,30?/m1/s1. The molecule has 1 aliphatic rings. The zero-order valence-corrected chi connectivity index (χ0v) is 24.8. The van der Waals surface area contributed by atoms with Gasteiger partial charge in [0.2, 0.25) is 0 Å². The van der Waals surface area contributed by atoms with Gasteiger partial charge in [0.1, 0.15) is 11.5 Å². The van der Waals surface area contributed by atoms with E-state index in [0.717, 1.165) is 55.6 Å². The smallest absolute Gasteiger partial charge is 0.453 e. The van der Waals surface area contributed by atoms with Gasteiger partial charge in [-0.15, -0.1) is 11.8 Å². The molecular weight excluding hydrogens is 575 g/mol. The second-order valence-corrected chi connectivity index (χ2v) is 12.7. The lowest BCUT2D eigenvalue weighted by Gasteiger charge is -2.43. The number of carboxylic acids is 1. The van der Waals surface area contributed by atoms with Crippen LogP contribution >= 0.6 is 11.8 Å². The van der Waals surface area contributed by atoms with Gasteiger partial charge < -0.3 is 15.3 Å². The second-order valence-electron chi connectivity index (χ2n) is 11.7. The van der Waals surface area contributed by atoms with E-state index in [1.165, 1.54) is 11.1 Å². The molecule has 0 saturated carbocycles. The molecule has 3 rings (SSSR count). The van der Waals surface area contributed by atoms with Crippen molar-refractivity contribution in [2.45, 2.75) is 112 Å². The van der Waals surface area contributed by atoms with Crippen molar-refractivity contribution >= 4 is 17.7 Å². The first-order chi connectivity index (χ1) is 19.7. The normalized spacial score (nSPS) is 19.8. The van der Waals surface area contributed by atoms with Crippen molar-refractivity contribution in [3.63, 3.8) is 0 Å². The van der Waals surface area contributed by atoms with E-state index in [4.69, 9.17) is 0 Å². The fourth-order valence-electron chi connectivity index (χ4n) is 5.93. The summed E-state index contributed by atoms with van der Waals surface area (Å²) in [6, 6.07) is 13.0. The van der Waals surface area contributed by atoms with E-state index in [9.17, 15) is 42.1 Å². The molecule has 10 heteroatoms. The van der Waals surface area contributed by atoms with E-state index in [0.29, 0.717) is 6.42 Å². The van der Waals surface area contributed by atoms with Gasteiger partial charge in [-0.3, -0.25) is 4.79 Å². The predicted molar refractivity (Wildman–Crippen MR) is 155 cm³/mol. The molecule has 2 aromatic carbocycles. The van der Waals surface area contributed by atoms with Crippen molar-refractivity contribution in [2.24, 2.45) is 5.92 Å². The van der Waals surface area contributed by atoms with Gasteiger partial charge in [-0.25, -0.2) is 0 Å². The first kappa shape index (κ1) is 34.0. The molecule has 1 heterocycles. The Kier molecular flexibility index (Phi) is 12.0. The summed E-state index contributed by atoms with van der Waals surface area (Å²) in [6.07, 6.45) is -0.0611. The van der Waals surface area contributed by atoms with Crippen LogP contribution in [0.2, 0.25) is 0 Å². The first-order valence-electron chi connectivity index (χ1n) is 14.7. The van der Waals surface area contributed by atoms with Gasteiger partial charge in [0.25, 0.3) is 0 Å². The molecule has 0 radical (unpaired) electrons. The number of aromatic hydroxyl groups is 2. The quantitative estimate of drug-likeness (QED) is 0.129. The number of rotatable bonds is 16. The molecule has 0 aliphatic carbocycles. The molecule has 2 unspecified atom stereocenters. The zero-order chi connectivity index (χ0) is 31.0. The summed E-state index contributed by atoms with van der Waals surface area (Å²) < 4.78 is 63.1. The van der Waals surface area contributed by atoms with Crippen LogP contribution in [0.15, 0.2) is 47.4 Å². The largest absolute Gasteiger partial charge is 0.508 e. The number of carboxylic acid groups (broad SMARTS) is 1. The van der Waals surface area contributed by atoms with Crippen molar-refractivity contribution in [3.05, 3.63) is 53.6 Å². The van der Waals surface area contributed by atoms with Crippen LogP contribution in [0.25, 0.3) is 0 Å². The van der Waals surface area contributed by atoms with E-state index in [1.807, 2.05) is 24.3 Å². The number of thioether (sulfide) groups is 1. The van der Waals surface area contributed by atoms with E-state index in [2.05, 4.69) is 6.92 Å². The van der Waals surface area contributed by atoms with Crippen LogP contribution in [0.3, 0.4) is 0 Å². The average molecular weight is 617 g/mol. The minimum Gasteiger partial charge on any atom is -0.508 e. The Morgan fingerprint density at radius 1 is 0.881 bits per heavy atom. The van der Waals surface area contributed by atoms with Gasteiger partial charge in [0, 0.05) is 22.5 Å². The monoisotopic (exact) mass is 616 g/mol. The average Bonchev–Trinajstić information content (AvgIpc) is 2.91. The highest BCUT2D eigenvalue weighted by Gasteiger charge is 2.56. The van der Waals surface area contributed by atoms with Gasteiger partial charge in [0.15, 0.2) is 0 Å². The minimum absolute atomic E-state index is 0.133. The zero-order valence-electron chi connectivity index (χ0n) is 23.9. The molecule has 0 aromatic heterocycles. The Morgan fingerprint density at radius 3 is 2.07 bits per heavy atom. The first-order valence-corrected chi connectivity index (χ1v) is 15.7. The molecule has 3 N–H and O–H groups in total. The fourth-order valence-corrected chi connectivity index (χ4v) is 7.34. The number of hydrogen-bond acceptors (Lipinski definition) is 4. The molecule has 42 heavy (non-hydrogen) atoms. The van der Waals surface area contributed by atoms with Crippen molar-refractivity contribution in [1.29, 1.82) is 0 Å². The van der Waals surface area contributed by atoms with Crippen LogP contribution in [0.1, 0.15) is 101 Å². The van der Waals surface area contributed by atoms with Crippen LogP contribution in [0.5, 0.6) is 11.5 Å². The maximum Gasteiger partial charge on any atom is 0.453 e. The number of phenols is 2. The topological polar surface area (TPSA) is 77.8 Å². The predicted octanol–water partition coefficient (Wildman–Crippen LogP) is 9.82. The number of phenolic OH excluding ortho intramolecular Hbond substituents is 2. The van der Waals surface area contributed by atoms with Crippen molar-refractivity contribution in [2.75, 3.05) is 5.75 Å². The lowest BCUT2D eigenvalue weighted by Crippen LogP contribution is -2.36. The molecule has 0 spiro atoms. The SMILES string of the molecule is CC1(c2ccc(O)cc2)CSc2cc(O)ccc2C1CCCCCCCCC[C@H](CCCC(F)(F)C(F)(F)F)C(=O)O. The number of fused-ring (bicyclic) bond motifs is 1. The maximum atomic E-state index is 13.1. The Balaban J connectivity index is 1.41.